The minimum absolute atomic E-state index is 0.222. The molecule has 1 unspecified atom stereocenters. The second kappa shape index (κ2) is 7.85. The first-order valence-corrected chi connectivity index (χ1v) is 9.47. The highest BCUT2D eigenvalue weighted by atomic mass is 19.4. The van der Waals surface area contributed by atoms with Crippen LogP contribution in [0.3, 0.4) is 0 Å². The molecule has 4 rings (SSSR count). The summed E-state index contributed by atoms with van der Waals surface area (Å²) in [5.41, 5.74) is 0.126. The van der Waals surface area contributed by atoms with E-state index in [1.54, 1.807) is 29.2 Å². The number of para-hydroxylation sites is 2. The van der Waals surface area contributed by atoms with Crippen LogP contribution in [0.25, 0.3) is 5.65 Å². The van der Waals surface area contributed by atoms with Gasteiger partial charge in [0.1, 0.15) is 11.6 Å². The van der Waals surface area contributed by atoms with Crippen LogP contribution in [0, 0.1) is 0 Å². The number of aromatic nitrogens is 3. The third-order valence-corrected chi connectivity index (χ3v) is 5.18. The molecule has 3 aromatic rings. The lowest BCUT2D eigenvalue weighted by atomic mass is 9.97. The summed E-state index contributed by atoms with van der Waals surface area (Å²) in [6.45, 7) is 0.875. The summed E-state index contributed by atoms with van der Waals surface area (Å²) >= 11 is 0. The summed E-state index contributed by atoms with van der Waals surface area (Å²) in [7, 11) is 1.52. The molecule has 1 aliphatic heterocycles. The van der Waals surface area contributed by atoms with Gasteiger partial charge in [0.25, 0.3) is 0 Å². The van der Waals surface area contributed by atoms with Crippen LogP contribution in [0.5, 0.6) is 5.75 Å². The number of alkyl halides is 3. The number of nitrogens with one attached hydrogen (secondary N) is 1. The number of pyridine rings is 1. The van der Waals surface area contributed by atoms with E-state index in [9.17, 15) is 18.0 Å². The van der Waals surface area contributed by atoms with Crippen molar-refractivity contribution in [1.29, 1.82) is 0 Å². The summed E-state index contributed by atoms with van der Waals surface area (Å²) < 4.78 is 45.9. The second-order valence-electron chi connectivity index (χ2n) is 7.12. The van der Waals surface area contributed by atoms with Crippen LogP contribution in [0.15, 0.2) is 42.6 Å². The number of carbonyl (C=O) groups is 1. The highest BCUT2D eigenvalue weighted by Crippen LogP contribution is 2.32. The van der Waals surface area contributed by atoms with Crippen molar-refractivity contribution in [2.45, 2.75) is 24.9 Å². The van der Waals surface area contributed by atoms with Crippen molar-refractivity contribution >= 4 is 17.4 Å². The number of hydrogen-bond donors (Lipinski definition) is 1. The maximum absolute atomic E-state index is 13.1. The summed E-state index contributed by atoms with van der Waals surface area (Å²) in [6.07, 6.45) is -2.03. The third kappa shape index (κ3) is 3.89. The fraction of sp³-hybridized carbons (Fsp3) is 0.350. The molecule has 10 heteroatoms. The lowest BCUT2D eigenvalue weighted by Crippen LogP contribution is -2.42. The van der Waals surface area contributed by atoms with Gasteiger partial charge in [-0.1, -0.05) is 12.1 Å². The van der Waals surface area contributed by atoms with Gasteiger partial charge in [-0.15, -0.1) is 10.2 Å². The molecule has 0 aliphatic carbocycles. The van der Waals surface area contributed by atoms with E-state index in [0.29, 0.717) is 48.8 Å². The molecule has 1 aromatic carbocycles. The van der Waals surface area contributed by atoms with E-state index in [-0.39, 0.29) is 11.9 Å². The number of benzene rings is 1. The number of likely N-dealkylation sites (tertiary alicyclic amines) is 1. The summed E-state index contributed by atoms with van der Waals surface area (Å²) in [6, 6.07) is 9.07. The van der Waals surface area contributed by atoms with Gasteiger partial charge in [-0.05, 0) is 37.1 Å². The lowest BCUT2D eigenvalue weighted by Gasteiger charge is -2.32. The van der Waals surface area contributed by atoms with Gasteiger partial charge in [0.2, 0.25) is 0 Å². The molecule has 0 saturated carbocycles. The van der Waals surface area contributed by atoms with E-state index in [0.717, 1.165) is 12.3 Å². The molecule has 1 saturated heterocycles. The molecule has 1 fully saturated rings. The topological polar surface area (TPSA) is 71.8 Å². The molecule has 0 bridgehead atoms. The van der Waals surface area contributed by atoms with Crippen molar-refractivity contribution < 1.29 is 22.7 Å². The number of ether oxygens (including phenoxy) is 1. The number of hydrogen-bond acceptors (Lipinski definition) is 4. The Kier molecular flexibility index (Phi) is 5.23. The Bertz CT molecular complexity index is 1070. The van der Waals surface area contributed by atoms with Crippen LogP contribution in [-0.2, 0) is 6.18 Å². The SMILES string of the molecule is COc1ccccc1NC(=O)N1CCCC(c2nnc3ccc(C(F)(F)F)cn23)C1. The van der Waals surface area contributed by atoms with Crippen molar-refractivity contribution in [2.75, 3.05) is 25.5 Å². The predicted molar refractivity (Wildman–Crippen MR) is 104 cm³/mol. The van der Waals surface area contributed by atoms with Crippen molar-refractivity contribution in [1.82, 2.24) is 19.5 Å². The zero-order valence-electron chi connectivity index (χ0n) is 16.2. The van der Waals surface area contributed by atoms with Crippen molar-refractivity contribution in [2.24, 2.45) is 0 Å². The lowest BCUT2D eigenvalue weighted by molar-refractivity contribution is -0.137. The fourth-order valence-electron chi connectivity index (χ4n) is 3.67. The summed E-state index contributed by atoms with van der Waals surface area (Å²) in [5, 5.41) is 10.9. The Hall–Kier alpha value is -3.30. The van der Waals surface area contributed by atoms with Gasteiger partial charge in [-0.25, -0.2) is 4.79 Å². The van der Waals surface area contributed by atoms with E-state index < -0.39 is 11.7 Å². The molecule has 2 aromatic heterocycles. The Balaban J connectivity index is 1.55. The van der Waals surface area contributed by atoms with E-state index in [4.69, 9.17) is 4.74 Å². The van der Waals surface area contributed by atoms with Crippen LogP contribution in [0.4, 0.5) is 23.7 Å². The van der Waals surface area contributed by atoms with Crippen LogP contribution >= 0.6 is 0 Å². The quantitative estimate of drug-likeness (QED) is 0.692. The number of rotatable bonds is 3. The molecular formula is C20H20F3N5O2. The molecule has 7 nitrogen and oxygen atoms in total. The number of fused-ring (bicyclic) bond motifs is 1. The van der Waals surface area contributed by atoms with Gasteiger partial charge in [-0.3, -0.25) is 4.40 Å². The molecular weight excluding hydrogens is 399 g/mol. The number of carbonyl (C=O) groups excluding carboxylic acids is 1. The number of amides is 2. The highest BCUT2D eigenvalue weighted by molar-refractivity contribution is 5.91. The molecule has 30 heavy (non-hydrogen) atoms. The highest BCUT2D eigenvalue weighted by Gasteiger charge is 2.33. The van der Waals surface area contributed by atoms with Gasteiger partial charge in [0, 0.05) is 25.2 Å². The smallest absolute Gasteiger partial charge is 0.417 e. The fourth-order valence-corrected chi connectivity index (χ4v) is 3.67. The van der Waals surface area contributed by atoms with Gasteiger partial charge in [-0.2, -0.15) is 13.2 Å². The van der Waals surface area contributed by atoms with Crippen molar-refractivity contribution in [3.63, 3.8) is 0 Å². The second-order valence-corrected chi connectivity index (χ2v) is 7.12. The molecule has 1 atom stereocenters. The van der Waals surface area contributed by atoms with Crippen LogP contribution < -0.4 is 10.1 Å². The minimum Gasteiger partial charge on any atom is -0.495 e. The first-order valence-electron chi connectivity index (χ1n) is 9.47. The molecule has 2 amide bonds. The Morgan fingerprint density at radius 2 is 2.00 bits per heavy atom. The number of urea groups is 1. The molecule has 3 heterocycles. The monoisotopic (exact) mass is 419 g/mol. The van der Waals surface area contributed by atoms with Gasteiger partial charge in [0.05, 0.1) is 18.4 Å². The standard InChI is InChI=1S/C20H20F3N5O2/c1-30-16-7-3-2-6-15(16)24-19(29)27-10-4-5-13(11-27)18-26-25-17-9-8-14(12-28(17)18)20(21,22)23/h2-3,6-9,12-13H,4-5,10-11H2,1H3,(H,24,29). The van der Waals surface area contributed by atoms with Crippen LogP contribution in [0.1, 0.15) is 30.1 Å². The Morgan fingerprint density at radius 3 is 2.77 bits per heavy atom. The largest absolute Gasteiger partial charge is 0.495 e. The minimum atomic E-state index is -4.46. The number of nitrogens with zero attached hydrogens (tertiary/aromatic N) is 4. The maximum Gasteiger partial charge on any atom is 0.417 e. The van der Waals surface area contributed by atoms with E-state index in [1.165, 1.54) is 17.6 Å². The van der Waals surface area contributed by atoms with E-state index in [2.05, 4.69) is 15.5 Å². The molecule has 158 valence electrons. The van der Waals surface area contributed by atoms with Crippen LogP contribution in [-0.4, -0.2) is 45.7 Å². The first-order chi connectivity index (χ1) is 14.4. The average molecular weight is 419 g/mol. The summed E-state index contributed by atoms with van der Waals surface area (Å²) in [5.74, 6) is 0.745. The van der Waals surface area contributed by atoms with Crippen LogP contribution in [0.2, 0.25) is 0 Å². The molecule has 1 aliphatic rings. The Labute approximate surface area is 170 Å². The van der Waals surface area contributed by atoms with E-state index in [1.807, 2.05) is 0 Å². The summed E-state index contributed by atoms with van der Waals surface area (Å²) in [4.78, 5) is 14.4. The number of methoxy groups -OCH3 is 1. The predicted octanol–water partition coefficient (Wildman–Crippen LogP) is 4.17. The third-order valence-electron chi connectivity index (χ3n) is 5.18. The first kappa shape index (κ1) is 20.0. The number of anilines is 1. The van der Waals surface area contributed by atoms with Gasteiger partial charge >= 0.3 is 12.2 Å². The number of halogens is 3. The Morgan fingerprint density at radius 1 is 1.20 bits per heavy atom. The van der Waals surface area contributed by atoms with Gasteiger partial charge in [0.15, 0.2) is 5.65 Å². The number of piperidine rings is 1. The van der Waals surface area contributed by atoms with E-state index >= 15 is 0 Å². The average Bonchev–Trinajstić information content (AvgIpc) is 3.17. The normalized spacial score (nSPS) is 17.2. The van der Waals surface area contributed by atoms with Gasteiger partial charge < -0.3 is 15.0 Å². The zero-order valence-corrected chi connectivity index (χ0v) is 16.2. The molecule has 1 N–H and O–H groups in total. The molecule has 0 spiro atoms. The molecule has 0 radical (unpaired) electrons. The maximum atomic E-state index is 13.1. The van der Waals surface area contributed by atoms with Crippen molar-refractivity contribution in [3.8, 4) is 5.75 Å². The van der Waals surface area contributed by atoms with Crippen molar-refractivity contribution in [3.05, 3.63) is 54.0 Å². The zero-order chi connectivity index (χ0) is 21.3.